The maximum absolute atomic E-state index is 11.1. The molecule has 1 aromatic heterocycles. The van der Waals surface area contributed by atoms with Gasteiger partial charge < -0.3 is 14.9 Å². The lowest BCUT2D eigenvalue weighted by Gasteiger charge is -2.19. The zero-order valence-corrected chi connectivity index (χ0v) is 16.0. The van der Waals surface area contributed by atoms with Crippen molar-refractivity contribution in [2.24, 2.45) is 0 Å². The molecule has 0 saturated heterocycles. The van der Waals surface area contributed by atoms with Gasteiger partial charge in [-0.05, 0) is 50.2 Å². The summed E-state index contributed by atoms with van der Waals surface area (Å²) in [6.45, 7) is 4.00. The molecule has 7 heteroatoms. The zero-order valence-electron chi connectivity index (χ0n) is 14.4. The average Bonchev–Trinajstić information content (AvgIpc) is 2.95. The molecule has 0 amide bonds. The van der Waals surface area contributed by atoms with Crippen LogP contribution in [0.4, 0.5) is 0 Å². The number of carbonyl (C=O) groups is 1. The molecular formula is C19H19BrN2O4. The van der Waals surface area contributed by atoms with Crippen molar-refractivity contribution < 1.29 is 19.7 Å². The van der Waals surface area contributed by atoms with Gasteiger partial charge in [-0.25, -0.2) is 4.79 Å². The minimum Gasteiger partial charge on any atom is -0.490 e. The van der Waals surface area contributed by atoms with Gasteiger partial charge in [-0.1, -0.05) is 15.9 Å². The van der Waals surface area contributed by atoms with E-state index < -0.39 is 11.6 Å². The van der Waals surface area contributed by atoms with Gasteiger partial charge in [-0.15, -0.1) is 0 Å². The molecule has 0 aliphatic heterocycles. The van der Waals surface area contributed by atoms with Gasteiger partial charge in [0.25, 0.3) is 0 Å². The third-order valence-corrected chi connectivity index (χ3v) is 4.31. The topological polar surface area (TPSA) is 84.6 Å². The Morgan fingerprint density at radius 1 is 1.27 bits per heavy atom. The molecule has 0 unspecified atom stereocenters. The van der Waals surface area contributed by atoms with Crippen LogP contribution < -0.4 is 4.74 Å². The van der Waals surface area contributed by atoms with Crippen LogP contribution in [0.5, 0.6) is 5.75 Å². The molecular weight excluding hydrogens is 400 g/mol. The van der Waals surface area contributed by atoms with Crippen molar-refractivity contribution in [1.29, 1.82) is 0 Å². The molecule has 2 N–H and O–H groups in total. The number of hydrogen-bond acceptors (Lipinski definition) is 4. The van der Waals surface area contributed by atoms with Gasteiger partial charge in [0, 0.05) is 15.4 Å². The number of halogens is 1. The number of aliphatic hydroxyl groups is 1. The number of rotatable bonds is 6. The molecule has 0 saturated carbocycles. The summed E-state index contributed by atoms with van der Waals surface area (Å²) < 4.78 is 8.48. The zero-order chi connectivity index (χ0) is 18.9. The summed E-state index contributed by atoms with van der Waals surface area (Å²) in [5.74, 6) is -0.296. The summed E-state index contributed by atoms with van der Waals surface area (Å²) in [5, 5.41) is 24.1. The number of hydrogen-bond donors (Lipinski definition) is 2. The van der Waals surface area contributed by atoms with Crippen molar-refractivity contribution in [3.8, 4) is 5.75 Å². The summed E-state index contributed by atoms with van der Waals surface area (Å²) in [4.78, 5) is 11.1. The summed E-state index contributed by atoms with van der Waals surface area (Å²) in [6.07, 6.45) is 1.65. The van der Waals surface area contributed by atoms with Gasteiger partial charge in [-0.3, -0.25) is 4.68 Å². The van der Waals surface area contributed by atoms with E-state index in [-0.39, 0.29) is 12.2 Å². The number of ether oxygens (including phenoxy) is 1. The van der Waals surface area contributed by atoms with Crippen molar-refractivity contribution in [1.82, 2.24) is 9.78 Å². The predicted molar refractivity (Wildman–Crippen MR) is 102 cm³/mol. The van der Waals surface area contributed by atoms with Crippen molar-refractivity contribution in [2.45, 2.75) is 26.0 Å². The second-order valence-electron chi connectivity index (χ2n) is 6.73. The van der Waals surface area contributed by atoms with Crippen LogP contribution in [0.2, 0.25) is 0 Å². The van der Waals surface area contributed by atoms with E-state index in [1.807, 2.05) is 18.2 Å². The molecule has 2 aromatic carbocycles. The fourth-order valence-corrected chi connectivity index (χ4v) is 2.98. The van der Waals surface area contributed by atoms with Gasteiger partial charge in [0.2, 0.25) is 0 Å². The Kier molecular flexibility index (Phi) is 5.02. The largest absolute Gasteiger partial charge is 0.490 e. The quantitative estimate of drug-likeness (QED) is 0.637. The Morgan fingerprint density at radius 3 is 2.73 bits per heavy atom. The first-order valence-electron chi connectivity index (χ1n) is 8.05. The third-order valence-electron chi connectivity index (χ3n) is 3.81. The molecule has 0 radical (unpaired) electrons. The van der Waals surface area contributed by atoms with E-state index in [1.165, 1.54) is 0 Å². The SMILES string of the molecule is CC(C)(O)COc1ccc(Br)cc1Cn1ncc2cc(C(=O)O)ccc21. The normalized spacial score (nSPS) is 11.7. The van der Waals surface area contributed by atoms with Crippen LogP contribution in [0, 0.1) is 0 Å². The molecule has 26 heavy (non-hydrogen) atoms. The smallest absolute Gasteiger partial charge is 0.335 e. The fraction of sp³-hybridized carbons (Fsp3) is 0.263. The van der Waals surface area contributed by atoms with Crippen molar-refractivity contribution in [2.75, 3.05) is 6.61 Å². The van der Waals surface area contributed by atoms with E-state index in [2.05, 4.69) is 21.0 Å². The summed E-state index contributed by atoms with van der Waals surface area (Å²) in [5.41, 5.74) is 1.03. The highest BCUT2D eigenvalue weighted by atomic mass is 79.9. The molecule has 0 atom stereocenters. The van der Waals surface area contributed by atoms with E-state index in [1.54, 1.807) is 42.9 Å². The van der Waals surface area contributed by atoms with E-state index in [0.29, 0.717) is 12.3 Å². The minimum absolute atomic E-state index is 0.170. The first kappa shape index (κ1) is 18.4. The predicted octanol–water partition coefficient (Wildman–Crippen LogP) is 3.70. The molecule has 0 aliphatic rings. The van der Waals surface area contributed by atoms with Gasteiger partial charge >= 0.3 is 5.97 Å². The maximum Gasteiger partial charge on any atom is 0.335 e. The Bertz CT molecular complexity index is 960. The Morgan fingerprint density at radius 2 is 2.04 bits per heavy atom. The number of aromatic nitrogens is 2. The standard InChI is InChI=1S/C19H19BrN2O4/c1-19(2,25)11-26-17-6-4-15(20)8-14(17)10-22-16-5-3-12(18(23)24)7-13(16)9-21-22/h3-9,25H,10-11H2,1-2H3,(H,23,24). The monoisotopic (exact) mass is 418 g/mol. The van der Waals surface area contributed by atoms with Gasteiger partial charge in [0.15, 0.2) is 0 Å². The first-order chi connectivity index (χ1) is 12.2. The van der Waals surface area contributed by atoms with Crippen LogP contribution in [-0.2, 0) is 6.54 Å². The molecule has 0 spiro atoms. The second-order valence-corrected chi connectivity index (χ2v) is 7.65. The average molecular weight is 419 g/mol. The molecule has 0 fully saturated rings. The molecule has 0 bridgehead atoms. The maximum atomic E-state index is 11.1. The summed E-state index contributed by atoms with van der Waals surface area (Å²) >= 11 is 3.47. The van der Waals surface area contributed by atoms with Crippen LogP contribution in [0.3, 0.4) is 0 Å². The number of fused-ring (bicyclic) bond motifs is 1. The highest BCUT2D eigenvalue weighted by molar-refractivity contribution is 9.10. The van der Waals surface area contributed by atoms with E-state index >= 15 is 0 Å². The molecule has 0 aliphatic carbocycles. The van der Waals surface area contributed by atoms with Gasteiger partial charge in [0.05, 0.1) is 29.4 Å². The molecule has 3 rings (SSSR count). The third kappa shape index (κ3) is 4.23. The molecule has 136 valence electrons. The van der Waals surface area contributed by atoms with Gasteiger partial charge in [0.1, 0.15) is 12.4 Å². The highest BCUT2D eigenvalue weighted by Gasteiger charge is 2.16. The lowest BCUT2D eigenvalue weighted by atomic mass is 10.1. The summed E-state index contributed by atoms with van der Waals surface area (Å²) in [7, 11) is 0. The van der Waals surface area contributed by atoms with Crippen LogP contribution in [-0.4, -0.2) is 38.2 Å². The minimum atomic E-state index is -0.964. The van der Waals surface area contributed by atoms with Crippen LogP contribution in [0.25, 0.3) is 10.9 Å². The Hall–Kier alpha value is -2.38. The lowest BCUT2D eigenvalue weighted by Crippen LogP contribution is -2.28. The number of aromatic carboxylic acids is 1. The van der Waals surface area contributed by atoms with Crippen molar-refractivity contribution in [3.63, 3.8) is 0 Å². The van der Waals surface area contributed by atoms with E-state index in [0.717, 1.165) is 20.9 Å². The molecule has 3 aromatic rings. The van der Waals surface area contributed by atoms with Crippen molar-refractivity contribution >= 4 is 32.8 Å². The van der Waals surface area contributed by atoms with E-state index in [4.69, 9.17) is 9.84 Å². The Labute approximate surface area is 159 Å². The van der Waals surface area contributed by atoms with Gasteiger partial charge in [-0.2, -0.15) is 5.10 Å². The van der Waals surface area contributed by atoms with Crippen molar-refractivity contribution in [3.05, 3.63) is 58.2 Å². The summed E-state index contributed by atoms with van der Waals surface area (Å²) in [6, 6.07) is 10.6. The molecule has 6 nitrogen and oxygen atoms in total. The number of benzene rings is 2. The highest BCUT2D eigenvalue weighted by Crippen LogP contribution is 2.26. The Balaban J connectivity index is 1.92. The van der Waals surface area contributed by atoms with Crippen LogP contribution >= 0.6 is 15.9 Å². The number of carboxylic acid groups (broad SMARTS) is 1. The van der Waals surface area contributed by atoms with Crippen LogP contribution in [0.15, 0.2) is 47.1 Å². The van der Waals surface area contributed by atoms with Crippen LogP contribution in [0.1, 0.15) is 29.8 Å². The van der Waals surface area contributed by atoms with E-state index in [9.17, 15) is 9.90 Å². The number of nitrogens with zero attached hydrogens (tertiary/aromatic N) is 2. The number of carboxylic acids is 1. The second kappa shape index (κ2) is 7.09. The fourth-order valence-electron chi connectivity index (χ4n) is 2.57. The first-order valence-corrected chi connectivity index (χ1v) is 8.85. The lowest BCUT2D eigenvalue weighted by molar-refractivity contribution is 0.0281. The molecule has 1 heterocycles.